The van der Waals surface area contributed by atoms with Gasteiger partial charge >= 0.3 is 0 Å². The van der Waals surface area contributed by atoms with Crippen LogP contribution in [0.25, 0.3) is 10.8 Å². The number of amides is 1. The van der Waals surface area contributed by atoms with E-state index in [9.17, 15) is 4.79 Å². The van der Waals surface area contributed by atoms with Crippen molar-refractivity contribution in [3.05, 3.63) is 48.0 Å². The van der Waals surface area contributed by atoms with Crippen LogP contribution in [0.1, 0.15) is 39.3 Å². The lowest BCUT2D eigenvalue weighted by Crippen LogP contribution is -2.39. The van der Waals surface area contributed by atoms with Gasteiger partial charge in [-0.2, -0.15) is 0 Å². The van der Waals surface area contributed by atoms with Crippen molar-refractivity contribution in [3.8, 4) is 0 Å². The normalized spacial score (nSPS) is 12.9. The van der Waals surface area contributed by atoms with Gasteiger partial charge < -0.3 is 16.0 Å². The Balaban J connectivity index is 2.03. The zero-order valence-electron chi connectivity index (χ0n) is 16.2. The number of carbonyl (C=O) groups is 1. The van der Waals surface area contributed by atoms with Gasteiger partial charge in [0.25, 0.3) is 0 Å². The molecule has 0 aliphatic heterocycles. The average molecular weight is 354 g/mol. The molecule has 26 heavy (non-hydrogen) atoms. The maximum atomic E-state index is 11.6. The van der Waals surface area contributed by atoms with Gasteiger partial charge in [-0.15, -0.1) is 0 Å². The van der Waals surface area contributed by atoms with Crippen LogP contribution in [0.3, 0.4) is 0 Å². The number of nitrogens with one attached hydrogen (secondary N) is 3. The molecule has 5 nitrogen and oxygen atoms in total. The summed E-state index contributed by atoms with van der Waals surface area (Å²) < 4.78 is 0. The second kappa shape index (κ2) is 9.80. The van der Waals surface area contributed by atoms with E-state index >= 15 is 0 Å². The van der Waals surface area contributed by atoms with Gasteiger partial charge in [-0.25, -0.2) is 0 Å². The molecule has 2 aromatic carbocycles. The summed E-state index contributed by atoms with van der Waals surface area (Å²) in [6, 6.07) is 14.9. The Morgan fingerprint density at radius 3 is 2.50 bits per heavy atom. The highest BCUT2D eigenvalue weighted by Gasteiger charge is 2.11. The van der Waals surface area contributed by atoms with Crippen LogP contribution in [0, 0.1) is 5.92 Å². The molecule has 2 aromatic rings. The molecule has 140 valence electrons. The molecule has 0 aromatic heterocycles. The van der Waals surface area contributed by atoms with Crippen LogP contribution < -0.4 is 16.0 Å². The highest BCUT2D eigenvalue weighted by molar-refractivity contribution is 5.87. The number of nitrogens with zero attached hydrogens (tertiary/aromatic N) is 1. The van der Waals surface area contributed by atoms with Gasteiger partial charge in [0, 0.05) is 19.0 Å². The van der Waals surface area contributed by atoms with Crippen LogP contribution in [0.5, 0.6) is 0 Å². The number of hydrogen-bond acceptors (Lipinski definition) is 2. The first kappa shape index (κ1) is 19.8. The van der Waals surface area contributed by atoms with Gasteiger partial charge in [-0.05, 0) is 30.2 Å². The Hall–Kier alpha value is -2.56. The lowest BCUT2D eigenvalue weighted by Gasteiger charge is -2.20. The van der Waals surface area contributed by atoms with E-state index in [-0.39, 0.29) is 17.9 Å². The minimum atomic E-state index is -0.00303. The van der Waals surface area contributed by atoms with Gasteiger partial charge in [-0.3, -0.25) is 9.79 Å². The Labute approximate surface area is 156 Å². The highest BCUT2D eigenvalue weighted by atomic mass is 16.1. The van der Waals surface area contributed by atoms with E-state index in [1.807, 2.05) is 20.8 Å². The fraction of sp³-hybridized carbons (Fsp3) is 0.429. The molecule has 1 amide bonds. The smallest absolute Gasteiger partial charge is 0.222 e. The van der Waals surface area contributed by atoms with E-state index < -0.39 is 0 Å². The fourth-order valence-electron chi connectivity index (χ4n) is 2.78. The third-order valence-electron chi connectivity index (χ3n) is 4.19. The third-order valence-corrected chi connectivity index (χ3v) is 4.19. The maximum absolute atomic E-state index is 11.6. The summed E-state index contributed by atoms with van der Waals surface area (Å²) in [6.45, 7) is 9.81. The Bertz CT molecular complexity index is 749. The molecule has 0 spiro atoms. The Morgan fingerprint density at radius 1 is 1.04 bits per heavy atom. The van der Waals surface area contributed by atoms with E-state index in [1.54, 1.807) is 0 Å². The van der Waals surface area contributed by atoms with Crippen LogP contribution in [0.15, 0.2) is 47.5 Å². The molecule has 5 heteroatoms. The van der Waals surface area contributed by atoms with Crippen molar-refractivity contribution in [3.63, 3.8) is 0 Å². The van der Waals surface area contributed by atoms with Crippen LogP contribution in [0.4, 0.5) is 0 Å². The minimum absolute atomic E-state index is 0.00303. The number of aliphatic imine (C=N–C) groups is 1. The first-order valence-electron chi connectivity index (χ1n) is 9.33. The molecule has 0 radical (unpaired) electrons. The first-order chi connectivity index (χ1) is 12.5. The standard InChI is InChI=1S/C21H30N4O/c1-5-22-21(24-14-13-23-20(26)15(2)3)25-16(4)18-12-8-10-17-9-6-7-11-19(17)18/h6-12,15-16H,5,13-14H2,1-4H3,(H,23,26)(H2,22,24,25). The summed E-state index contributed by atoms with van der Waals surface area (Å²) in [7, 11) is 0. The molecule has 0 aliphatic rings. The zero-order chi connectivity index (χ0) is 18.9. The highest BCUT2D eigenvalue weighted by Crippen LogP contribution is 2.23. The van der Waals surface area contributed by atoms with Gasteiger partial charge in [0.05, 0.1) is 12.6 Å². The molecule has 1 unspecified atom stereocenters. The number of hydrogen-bond donors (Lipinski definition) is 3. The molecule has 0 saturated carbocycles. The average Bonchev–Trinajstić information content (AvgIpc) is 2.64. The Morgan fingerprint density at radius 2 is 1.77 bits per heavy atom. The summed E-state index contributed by atoms with van der Waals surface area (Å²) >= 11 is 0. The monoisotopic (exact) mass is 354 g/mol. The number of benzene rings is 2. The zero-order valence-corrected chi connectivity index (χ0v) is 16.2. The first-order valence-corrected chi connectivity index (χ1v) is 9.33. The summed E-state index contributed by atoms with van der Waals surface area (Å²) in [5, 5.41) is 12.1. The van der Waals surface area contributed by atoms with Crippen molar-refractivity contribution in [2.24, 2.45) is 10.9 Å². The van der Waals surface area contributed by atoms with E-state index in [4.69, 9.17) is 0 Å². The fourth-order valence-corrected chi connectivity index (χ4v) is 2.78. The number of rotatable bonds is 7. The Kier molecular flexibility index (Phi) is 7.45. The third kappa shape index (κ3) is 5.48. The van der Waals surface area contributed by atoms with Crippen LogP contribution >= 0.6 is 0 Å². The predicted octanol–water partition coefficient (Wildman–Crippen LogP) is 3.23. The summed E-state index contributed by atoms with van der Waals surface area (Å²) in [5.41, 5.74) is 1.24. The van der Waals surface area contributed by atoms with Gasteiger partial charge in [0.1, 0.15) is 0 Å². The molecular formula is C21H30N4O. The van der Waals surface area contributed by atoms with Gasteiger partial charge in [0.15, 0.2) is 5.96 Å². The van der Waals surface area contributed by atoms with E-state index in [0.29, 0.717) is 13.1 Å². The van der Waals surface area contributed by atoms with E-state index in [0.717, 1.165) is 12.5 Å². The molecule has 0 saturated heterocycles. The van der Waals surface area contributed by atoms with Crippen molar-refractivity contribution in [2.45, 2.75) is 33.7 Å². The number of fused-ring (bicyclic) bond motifs is 1. The van der Waals surface area contributed by atoms with Gasteiger partial charge in [-0.1, -0.05) is 56.3 Å². The van der Waals surface area contributed by atoms with Gasteiger partial charge in [0.2, 0.25) is 5.91 Å². The molecule has 1 atom stereocenters. The summed E-state index contributed by atoms with van der Waals surface area (Å²) in [4.78, 5) is 16.2. The number of guanidine groups is 1. The molecule has 0 heterocycles. The molecule has 0 bridgehead atoms. The van der Waals surface area contributed by atoms with E-state index in [1.165, 1.54) is 16.3 Å². The second-order valence-electron chi connectivity index (χ2n) is 6.64. The summed E-state index contributed by atoms with van der Waals surface area (Å²) in [5.74, 6) is 0.811. The van der Waals surface area contributed by atoms with E-state index in [2.05, 4.69) is 70.3 Å². The molecular weight excluding hydrogens is 324 g/mol. The van der Waals surface area contributed by atoms with Crippen molar-refractivity contribution < 1.29 is 4.79 Å². The van der Waals surface area contributed by atoms with Crippen molar-refractivity contribution in [1.82, 2.24) is 16.0 Å². The second-order valence-corrected chi connectivity index (χ2v) is 6.64. The van der Waals surface area contributed by atoms with Crippen LogP contribution in [-0.4, -0.2) is 31.5 Å². The number of carbonyl (C=O) groups excluding carboxylic acids is 1. The van der Waals surface area contributed by atoms with Crippen molar-refractivity contribution in [1.29, 1.82) is 0 Å². The molecule has 3 N–H and O–H groups in total. The predicted molar refractivity (Wildman–Crippen MR) is 109 cm³/mol. The van der Waals surface area contributed by atoms with Crippen LogP contribution in [-0.2, 0) is 4.79 Å². The minimum Gasteiger partial charge on any atom is -0.357 e. The summed E-state index contributed by atoms with van der Waals surface area (Å²) in [6.07, 6.45) is 0. The molecule has 0 aliphatic carbocycles. The lowest BCUT2D eigenvalue weighted by molar-refractivity contribution is -0.123. The topological polar surface area (TPSA) is 65.5 Å². The molecule has 0 fully saturated rings. The maximum Gasteiger partial charge on any atom is 0.222 e. The lowest BCUT2D eigenvalue weighted by atomic mass is 10.00. The quantitative estimate of drug-likeness (QED) is 0.406. The largest absolute Gasteiger partial charge is 0.357 e. The molecule has 2 rings (SSSR count). The van der Waals surface area contributed by atoms with Crippen molar-refractivity contribution >= 4 is 22.6 Å². The van der Waals surface area contributed by atoms with Crippen molar-refractivity contribution in [2.75, 3.05) is 19.6 Å². The SMILES string of the molecule is CCNC(=NCCNC(=O)C(C)C)NC(C)c1cccc2ccccc12. The van der Waals surface area contributed by atoms with Crippen LogP contribution in [0.2, 0.25) is 0 Å².